The number of aliphatic hydroxyl groups is 1. The van der Waals surface area contributed by atoms with Crippen LogP contribution >= 0.6 is 0 Å². The maximum absolute atomic E-state index is 11.8. The van der Waals surface area contributed by atoms with Gasteiger partial charge in [-0.2, -0.15) is 0 Å². The summed E-state index contributed by atoms with van der Waals surface area (Å²) in [5.74, 6) is 0.378. The van der Waals surface area contributed by atoms with Gasteiger partial charge in [0.25, 0.3) is 0 Å². The maximum atomic E-state index is 11.8. The van der Waals surface area contributed by atoms with Crippen molar-refractivity contribution in [3.63, 3.8) is 0 Å². The third kappa shape index (κ3) is 4.05. The van der Waals surface area contributed by atoms with Gasteiger partial charge in [0.2, 0.25) is 0 Å². The molecule has 106 valence electrons. The normalized spacial score (nSPS) is 12.2. The number of furan rings is 1. The summed E-state index contributed by atoms with van der Waals surface area (Å²) < 4.78 is 5.07. The Morgan fingerprint density at radius 3 is 2.65 bits per heavy atom. The molecule has 1 unspecified atom stereocenters. The largest absolute Gasteiger partial charge is 0.461 e. The number of hydrogen-bond acceptors (Lipinski definition) is 4. The van der Waals surface area contributed by atoms with Gasteiger partial charge in [0.15, 0.2) is 11.5 Å². The van der Waals surface area contributed by atoms with Crippen molar-refractivity contribution in [2.45, 2.75) is 18.9 Å². The molecule has 0 bridgehead atoms. The fourth-order valence-electron chi connectivity index (χ4n) is 2.12. The number of carbonyl (C=O) groups is 1. The molecule has 0 aliphatic heterocycles. The van der Waals surface area contributed by atoms with Gasteiger partial charge in [-0.25, -0.2) is 0 Å². The van der Waals surface area contributed by atoms with Gasteiger partial charge >= 0.3 is 0 Å². The van der Waals surface area contributed by atoms with Crippen LogP contribution in [-0.4, -0.2) is 24.0 Å². The van der Waals surface area contributed by atoms with E-state index in [1.54, 1.807) is 12.1 Å². The highest BCUT2D eigenvalue weighted by molar-refractivity contribution is 5.93. The number of nitrogens with one attached hydrogen (secondary N) is 1. The molecule has 1 heterocycles. The smallest absolute Gasteiger partial charge is 0.199 e. The number of hydrogen-bond donors (Lipinski definition) is 2. The molecule has 0 spiro atoms. The molecule has 1 aromatic heterocycles. The van der Waals surface area contributed by atoms with Crippen molar-refractivity contribution < 1.29 is 14.3 Å². The fraction of sp³-hybridized carbons (Fsp3) is 0.312. The van der Waals surface area contributed by atoms with Crippen LogP contribution in [-0.2, 0) is 0 Å². The average molecular weight is 273 g/mol. The second-order valence-corrected chi connectivity index (χ2v) is 4.58. The Bertz CT molecular complexity index is 508. The summed E-state index contributed by atoms with van der Waals surface area (Å²) in [6.07, 6.45) is 2.50. The van der Waals surface area contributed by atoms with Gasteiger partial charge in [-0.15, -0.1) is 0 Å². The molecule has 1 atom stereocenters. The lowest BCUT2D eigenvalue weighted by Gasteiger charge is -2.17. The van der Waals surface area contributed by atoms with Gasteiger partial charge in [0, 0.05) is 25.6 Å². The highest BCUT2D eigenvalue weighted by Crippen LogP contribution is 2.16. The van der Waals surface area contributed by atoms with E-state index in [-0.39, 0.29) is 18.4 Å². The minimum atomic E-state index is -0.0155. The van der Waals surface area contributed by atoms with Gasteiger partial charge in [0.05, 0.1) is 6.26 Å². The molecule has 0 saturated heterocycles. The molecule has 2 N–H and O–H groups in total. The Morgan fingerprint density at radius 2 is 2.00 bits per heavy atom. The molecule has 0 amide bonds. The van der Waals surface area contributed by atoms with Gasteiger partial charge in [-0.3, -0.25) is 4.79 Å². The Labute approximate surface area is 118 Å². The monoisotopic (exact) mass is 273 g/mol. The quantitative estimate of drug-likeness (QED) is 0.726. The lowest BCUT2D eigenvalue weighted by Crippen LogP contribution is -2.25. The van der Waals surface area contributed by atoms with Crippen LogP contribution in [0, 0.1) is 0 Å². The number of carbonyl (C=O) groups excluding carboxylic acids is 1. The van der Waals surface area contributed by atoms with Crippen molar-refractivity contribution in [1.82, 2.24) is 5.32 Å². The summed E-state index contributed by atoms with van der Waals surface area (Å²) in [7, 11) is 0. The van der Waals surface area contributed by atoms with E-state index in [4.69, 9.17) is 9.52 Å². The zero-order valence-electron chi connectivity index (χ0n) is 11.3. The van der Waals surface area contributed by atoms with Crippen molar-refractivity contribution in [3.8, 4) is 0 Å². The molecule has 0 aliphatic carbocycles. The molecule has 2 aromatic rings. The number of rotatable bonds is 8. The molecule has 0 fully saturated rings. The van der Waals surface area contributed by atoms with E-state index in [1.807, 2.05) is 30.3 Å². The minimum absolute atomic E-state index is 0.0155. The van der Waals surface area contributed by atoms with Crippen LogP contribution in [0.15, 0.2) is 53.1 Å². The van der Waals surface area contributed by atoms with Crippen molar-refractivity contribution in [1.29, 1.82) is 0 Å². The maximum Gasteiger partial charge on any atom is 0.199 e. The first kappa shape index (κ1) is 14.5. The van der Waals surface area contributed by atoms with E-state index in [1.165, 1.54) is 6.26 Å². The van der Waals surface area contributed by atoms with Gasteiger partial charge in [-0.1, -0.05) is 30.3 Å². The summed E-state index contributed by atoms with van der Waals surface area (Å²) in [5, 5.41) is 12.4. The van der Waals surface area contributed by atoms with Crippen LogP contribution in [0.3, 0.4) is 0 Å². The Kier molecular flexibility index (Phi) is 5.53. The Morgan fingerprint density at radius 1 is 1.20 bits per heavy atom. The van der Waals surface area contributed by atoms with E-state index < -0.39 is 0 Å². The van der Waals surface area contributed by atoms with Crippen LogP contribution in [0.2, 0.25) is 0 Å². The van der Waals surface area contributed by atoms with Crippen LogP contribution < -0.4 is 5.32 Å². The van der Waals surface area contributed by atoms with Crippen LogP contribution in [0.25, 0.3) is 0 Å². The number of Topliss-reactive ketones (excluding diaryl/α,β-unsaturated/α-hetero) is 1. The zero-order chi connectivity index (χ0) is 14.2. The van der Waals surface area contributed by atoms with Crippen molar-refractivity contribution in [2.75, 3.05) is 13.2 Å². The molecule has 1 aromatic carbocycles. The van der Waals surface area contributed by atoms with E-state index in [2.05, 4.69) is 5.32 Å². The second kappa shape index (κ2) is 7.62. The van der Waals surface area contributed by atoms with Crippen LogP contribution in [0.4, 0.5) is 0 Å². The molecular formula is C16H19NO3. The predicted octanol–water partition coefficient (Wildman–Crippen LogP) is 2.57. The first-order chi connectivity index (χ1) is 9.81. The summed E-state index contributed by atoms with van der Waals surface area (Å²) in [5.41, 5.74) is 1.12. The highest BCUT2D eigenvalue weighted by atomic mass is 16.3. The molecule has 0 aliphatic rings. The number of benzene rings is 1. The third-order valence-corrected chi connectivity index (χ3v) is 3.16. The predicted molar refractivity (Wildman–Crippen MR) is 76.5 cm³/mol. The molecule has 0 saturated carbocycles. The average Bonchev–Trinajstić information content (AvgIpc) is 3.01. The Hall–Kier alpha value is -1.91. The van der Waals surface area contributed by atoms with Crippen molar-refractivity contribution in [3.05, 3.63) is 60.1 Å². The lowest BCUT2D eigenvalue weighted by molar-refractivity contribution is 0.0954. The SMILES string of the molecule is O=C(CCNC(CCO)c1ccccc1)c1ccco1. The fourth-order valence-corrected chi connectivity index (χ4v) is 2.12. The van der Waals surface area contributed by atoms with E-state index in [0.29, 0.717) is 25.1 Å². The standard InChI is InChI=1S/C16H19NO3/c18-11-9-14(13-5-2-1-3-6-13)17-10-8-15(19)16-7-4-12-20-16/h1-7,12,14,17-18H,8-11H2. The van der Waals surface area contributed by atoms with Gasteiger partial charge in [0.1, 0.15) is 0 Å². The van der Waals surface area contributed by atoms with Crippen LogP contribution in [0.1, 0.15) is 35.0 Å². The third-order valence-electron chi connectivity index (χ3n) is 3.16. The second-order valence-electron chi connectivity index (χ2n) is 4.58. The van der Waals surface area contributed by atoms with E-state index in [0.717, 1.165) is 5.56 Å². The topological polar surface area (TPSA) is 62.5 Å². The molecule has 2 rings (SSSR count). The van der Waals surface area contributed by atoms with E-state index in [9.17, 15) is 4.79 Å². The number of ketones is 1. The molecule has 20 heavy (non-hydrogen) atoms. The first-order valence-electron chi connectivity index (χ1n) is 6.77. The summed E-state index contributed by atoms with van der Waals surface area (Å²) >= 11 is 0. The molecule has 4 heteroatoms. The Balaban J connectivity index is 1.85. The lowest BCUT2D eigenvalue weighted by atomic mass is 10.0. The molecule has 0 radical (unpaired) electrons. The highest BCUT2D eigenvalue weighted by Gasteiger charge is 2.12. The zero-order valence-corrected chi connectivity index (χ0v) is 11.3. The summed E-state index contributed by atoms with van der Waals surface area (Å²) in [4.78, 5) is 11.8. The van der Waals surface area contributed by atoms with Crippen molar-refractivity contribution in [2.24, 2.45) is 0 Å². The summed E-state index contributed by atoms with van der Waals surface area (Å²) in [6, 6.07) is 13.4. The van der Waals surface area contributed by atoms with Gasteiger partial charge in [-0.05, 0) is 24.1 Å². The van der Waals surface area contributed by atoms with Crippen molar-refractivity contribution >= 4 is 5.78 Å². The first-order valence-corrected chi connectivity index (χ1v) is 6.77. The van der Waals surface area contributed by atoms with Gasteiger partial charge < -0.3 is 14.8 Å². The van der Waals surface area contributed by atoms with E-state index >= 15 is 0 Å². The van der Waals surface area contributed by atoms with Crippen LogP contribution in [0.5, 0.6) is 0 Å². The molecule has 4 nitrogen and oxygen atoms in total. The molecular weight excluding hydrogens is 254 g/mol. The minimum Gasteiger partial charge on any atom is -0.461 e. The number of aliphatic hydroxyl groups excluding tert-OH is 1. The summed E-state index contributed by atoms with van der Waals surface area (Å²) in [6.45, 7) is 0.664.